The molecule has 5 nitrogen and oxygen atoms in total. The fraction of sp³-hybridized carbons (Fsp3) is 0.923. The average Bonchev–Trinajstić information content (AvgIpc) is 2.47. The van der Waals surface area contributed by atoms with Gasteiger partial charge in [-0.25, -0.2) is 0 Å². The van der Waals surface area contributed by atoms with Gasteiger partial charge in [-0.3, -0.25) is 4.79 Å². The Kier molecular flexibility index (Phi) is 5.48. The molecule has 1 atom stereocenters. The Hall–Kier alpha value is -1.22. The van der Waals surface area contributed by atoms with E-state index in [4.69, 9.17) is 5.53 Å². The molecular formula is C13H24N4O. The maximum Gasteiger partial charge on any atom is 0.222 e. The quantitative estimate of drug-likeness (QED) is 0.327. The van der Waals surface area contributed by atoms with Crippen LogP contribution in [0.25, 0.3) is 10.4 Å². The van der Waals surface area contributed by atoms with E-state index >= 15 is 0 Å². The highest BCUT2D eigenvalue weighted by molar-refractivity contribution is 5.76. The number of hydrogen-bond acceptors (Lipinski definition) is 2. The SMILES string of the molecule is CC(C)(C)C1CCC(=O)N(CCCN=[N+]=[N-])CC1. The van der Waals surface area contributed by atoms with Crippen molar-refractivity contribution in [1.82, 2.24) is 4.90 Å². The molecule has 5 heteroatoms. The van der Waals surface area contributed by atoms with Crippen molar-refractivity contribution in [2.45, 2.75) is 46.5 Å². The van der Waals surface area contributed by atoms with Crippen LogP contribution in [0.3, 0.4) is 0 Å². The monoisotopic (exact) mass is 252 g/mol. The van der Waals surface area contributed by atoms with Crippen LogP contribution < -0.4 is 0 Å². The second kappa shape index (κ2) is 6.64. The van der Waals surface area contributed by atoms with Crippen LogP contribution in [-0.4, -0.2) is 30.4 Å². The van der Waals surface area contributed by atoms with Crippen LogP contribution in [-0.2, 0) is 4.79 Å². The van der Waals surface area contributed by atoms with E-state index in [1.165, 1.54) is 0 Å². The molecule has 1 unspecified atom stereocenters. The highest BCUT2D eigenvalue weighted by Gasteiger charge is 2.29. The van der Waals surface area contributed by atoms with Crippen LogP contribution >= 0.6 is 0 Å². The third-order valence-corrected chi connectivity index (χ3v) is 3.78. The number of nitrogens with zero attached hydrogens (tertiary/aromatic N) is 4. The van der Waals surface area contributed by atoms with Crippen LogP contribution in [0.15, 0.2) is 5.11 Å². The van der Waals surface area contributed by atoms with Crippen molar-refractivity contribution in [1.29, 1.82) is 0 Å². The summed E-state index contributed by atoms with van der Waals surface area (Å²) in [4.78, 5) is 16.6. The predicted molar refractivity (Wildman–Crippen MR) is 72.0 cm³/mol. The van der Waals surface area contributed by atoms with Gasteiger partial charge in [0.15, 0.2) is 0 Å². The molecule has 1 rings (SSSR count). The van der Waals surface area contributed by atoms with Gasteiger partial charge in [0.1, 0.15) is 0 Å². The summed E-state index contributed by atoms with van der Waals surface area (Å²) in [6.07, 6.45) is 3.49. The Morgan fingerprint density at radius 3 is 2.78 bits per heavy atom. The van der Waals surface area contributed by atoms with E-state index in [0.717, 1.165) is 25.8 Å². The predicted octanol–water partition coefficient (Wildman–Crippen LogP) is 3.36. The van der Waals surface area contributed by atoms with Crippen LogP contribution in [0, 0.1) is 11.3 Å². The van der Waals surface area contributed by atoms with Crippen LogP contribution in [0.2, 0.25) is 0 Å². The van der Waals surface area contributed by atoms with Gasteiger partial charge < -0.3 is 4.90 Å². The maximum absolute atomic E-state index is 12.0. The minimum atomic E-state index is 0.252. The van der Waals surface area contributed by atoms with Gasteiger partial charge in [0.2, 0.25) is 5.91 Å². The van der Waals surface area contributed by atoms with Crippen LogP contribution in [0.4, 0.5) is 0 Å². The molecule has 1 aliphatic heterocycles. The van der Waals surface area contributed by atoms with Gasteiger partial charge in [-0.2, -0.15) is 0 Å². The summed E-state index contributed by atoms with van der Waals surface area (Å²) in [7, 11) is 0. The Morgan fingerprint density at radius 1 is 1.44 bits per heavy atom. The Bertz CT molecular complexity index is 328. The minimum Gasteiger partial charge on any atom is -0.343 e. The lowest BCUT2D eigenvalue weighted by Crippen LogP contribution is -2.32. The van der Waals surface area contributed by atoms with Crippen molar-refractivity contribution in [2.24, 2.45) is 16.4 Å². The lowest BCUT2D eigenvalue weighted by atomic mass is 9.77. The second-order valence-electron chi connectivity index (χ2n) is 6.08. The minimum absolute atomic E-state index is 0.252. The van der Waals surface area contributed by atoms with Crippen molar-refractivity contribution >= 4 is 5.91 Å². The van der Waals surface area contributed by atoms with Crippen molar-refractivity contribution in [3.05, 3.63) is 10.4 Å². The van der Waals surface area contributed by atoms with Crippen molar-refractivity contribution in [3.8, 4) is 0 Å². The number of hydrogen-bond donors (Lipinski definition) is 0. The standard InChI is InChI=1S/C13H24N4O/c1-13(2,3)11-5-6-12(18)17(10-7-11)9-4-8-15-16-14/h11H,4-10H2,1-3H3. The molecule has 0 aromatic heterocycles. The third-order valence-electron chi connectivity index (χ3n) is 3.78. The smallest absolute Gasteiger partial charge is 0.222 e. The molecule has 0 aromatic carbocycles. The summed E-state index contributed by atoms with van der Waals surface area (Å²) in [6.45, 7) is 8.78. The van der Waals surface area contributed by atoms with Gasteiger partial charge >= 0.3 is 0 Å². The number of likely N-dealkylation sites (tertiary alicyclic amines) is 1. The van der Waals surface area contributed by atoms with Gasteiger partial charge in [-0.15, -0.1) is 0 Å². The van der Waals surface area contributed by atoms with E-state index in [2.05, 4.69) is 30.8 Å². The maximum atomic E-state index is 12.0. The van der Waals surface area contributed by atoms with E-state index < -0.39 is 0 Å². The average molecular weight is 252 g/mol. The molecule has 0 radical (unpaired) electrons. The van der Waals surface area contributed by atoms with Crippen LogP contribution in [0.5, 0.6) is 0 Å². The molecule has 1 saturated heterocycles. The van der Waals surface area contributed by atoms with Gasteiger partial charge in [0.25, 0.3) is 0 Å². The van der Waals surface area contributed by atoms with Gasteiger partial charge in [0.05, 0.1) is 0 Å². The van der Waals surface area contributed by atoms with Crippen LogP contribution in [0.1, 0.15) is 46.5 Å². The molecular weight excluding hydrogens is 228 g/mol. The topological polar surface area (TPSA) is 69.1 Å². The van der Waals surface area contributed by atoms with Gasteiger partial charge in [0, 0.05) is 31.0 Å². The summed E-state index contributed by atoms with van der Waals surface area (Å²) in [5.74, 6) is 0.867. The van der Waals surface area contributed by atoms with E-state index in [1.807, 2.05) is 4.90 Å². The Balaban J connectivity index is 2.46. The fourth-order valence-electron chi connectivity index (χ4n) is 2.52. The molecule has 18 heavy (non-hydrogen) atoms. The van der Waals surface area contributed by atoms with Gasteiger partial charge in [-0.05, 0) is 36.1 Å². The lowest BCUT2D eigenvalue weighted by molar-refractivity contribution is -0.130. The Morgan fingerprint density at radius 2 is 2.17 bits per heavy atom. The van der Waals surface area contributed by atoms with Crippen molar-refractivity contribution in [3.63, 3.8) is 0 Å². The van der Waals surface area contributed by atoms with E-state index in [-0.39, 0.29) is 11.3 Å². The summed E-state index contributed by atoms with van der Waals surface area (Å²) < 4.78 is 0. The lowest BCUT2D eigenvalue weighted by Gasteiger charge is -2.29. The number of rotatable bonds is 4. The Labute approximate surface area is 109 Å². The summed E-state index contributed by atoms with van der Waals surface area (Å²) in [5, 5.41) is 3.50. The highest BCUT2D eigenvalue weighted by atomic mass is 16.2. The normalized spacial score (nSPS) is 21.4. The molecule has 1 amide bonds. The molecule has 1 heterocycles. The summed E-state index contributed by atoms with van der Waals surface area (Å²) in [6, 6.07) is 0. The zero-order valence-corrected chi connectivity index (χ0v) is 11.7. The largest absolute Gasteiger partial charge is 0.343 e. The zero-order valence-electron chi connectivity index (χ0n) is 11.7. The third kappa shape index (κ3) is 4.57. The molecule has 0 spiro atoms. The van der Waals surface area contributed by atoms with Crippen molar-refractivity contribution in [2.75, 3.05) is 19.6 Å². The van der Waals surface area contributed by atoms with Gasteiger partial charge in [-0.1, -0.05) is 25.9 Å². The van der Waals surface area contributed by atoms with Crippen molar-refractivity contribution < 1.29 is 4.79 Å². The highest BCUT2D eigenvalue weighted by Crippen LogP contribution is 2.34. The molecule has 1 aliphatic rings. The number of azide groups is 1. The first-order chi connectivity index (χ1) is 8.45. The second-order valence-corrected chi connectivity index (χ2v) is 6.08. The first-order valence-corrected chi connectivity index (χ1v) is 6.74. The van der Waals surface area contributed by atoms with E-state index in [1.54, 1.807) is 0 Å². The molecule has 1 fully saturated rings. The van der Waals surface area contributed by atoms with E-state index in [9.17, 15) is 4.79 Å². The molecule has 0 N–H and O–H groups in total. The molecule has 0 bridgehead atoms. The molecule has 0 aliphatic carbocycles. The van der Waals surface area contributed by atoms with E-state index in [0.29, 0.717) is 25.4 Å². The summed E-state index contributed by atoms with van der Waals surface area (Å²) >= 11 is 0. The number of carbonyl (C=O) groups is 1. The summed E-state index contributed by atoms with van der Waals surface area (Å²) in [5.41, 5.74) is 8.48. The number of amides is 1. The molecule has 102 valence electrons. The first kappa shape index (κ1) is 14.8. The number of carbonyl (C=O) groups excluding carboxylic acids is 1. The first-order valence-electron chi connectivity index (χ1n) is 6.74. The molecule has 0 saturated carbocycles. The zero-order chi connectivity index (χ0) is 13.6. The fourth-order valence-corrected chi connectivity index (χ4v) is 2.52. The molecule has 0 aromatic rings.